The lowest BCUT2D eigenvalue weighted by molar-refractivity contribution is 0.169. The molecule has 0 spiro atoms. The van der Waals surface area contributed by atoms with E-state index in [0.29, 0.717) is 5.92 Å². The van der Waals surface area contributed by atoms with E-state index in [1.54, 1.807) is 6.26 Å². The Morgan fingerprint density at radius 1 is 1.14 bits per heavy atom. The predicted octanol–water partition coefficient (Wildman–Crippen LogP) is 2.28. The van der Waals surface area contributed by atoms with Crippen LogP contribution in [0.1, 0.15) is 19.0 Å². The lowest BCUT2D eigenvalue weighted by atomic mass is 10.1. The minimum atomic E-state index is 0.623. The number of hydrogen-bond acceptors (Lipinski definition) is 5. The molecule has 2 aliphatic heterocycles. The number of hydrogen-bond donors (Lipinski definition) is 1. The topological polar surface area (TPSA) is 60.1 Å². The lowest BCUT2D eigenvalue weighted by Gasteiger charge is -2.36. The summed E-state index contributed by atoms with van der Waals surface area (Å²) in [4.78, 5) is 12.3. The normalized spacial score (nSPS) is 21.0. The van der Waals surface area contributed by atoms with Crippen molar-refractivity contribution in [1.82, 2.24) is 20.3 Å². The Hall–Kier alpha value is -2.54. The molecule has 1 unspecified atom stereocenters. The summed E-state index contributed by atoms with van der Waals surface area (Å²) >= 11 is 0. The van der Waals surface area contributed by atoms with E-state index in [2.05, 4.69) is 62.4 Å². The van der Waals surface area contributed by atoms with E-state index in [1.807, 2.05) is 6.07 Å². The van der Waals surface area contributed by atoms with Crippen LogP contribution in [0.3, 0.4) is 0 Å². The first kappa shape index (κ1) is 19.8. The molecule has 1 aromatic carbocycles. The molecule has 1 N–H and O–H groups in total. The number of benzene rings is 1. The Labute approximate surface area is 173 Å². The van der Waals surface area contributed by atoms with E-state index >= 15 is 0 Å². The number of guanidine groups is 1. The molecule has 29 heavy (non-hydrogen) atoms. The standard InChI is InChI=1S/C22H32N6O/c1-2-23-22(27-13-11-26(12-14-27)18-20-9-15-29-25-20)24-16-19-8-10-28(17-19)21-6-4-3-5-7-21/h3-7,9,15,19H,2,8,10-14,16-18H2,1H3,(H,23,24). The fraction of sp³-hybridized carbons (Fsp3) is 0.545. The fourth-order valence-electron chi connectivity index (χ4n) is 4.16. The Balaban J connectivity index is 1.28. The average molecular weight is 397 g/mol. The molecule has 0 bridgehead atoms. The van der Waals surface area contributed by atoms with Gasteiger partial charge in [-0.2, -0.15) is 0 Å². The molecule has 2 aliphatic rings. The van der Waals surface area contributed by atoms with E-state index in [4.69, 9.17) is 9.52 Å². The molecule has 7 nitrogen and oxygen atoms in total. The second-order valence-corrected chi connectivity index (χ2v) is 7.88. The van der Waals surface area contributed by atoms with E-state index in [-0.39, 0.29) is 0 Å². The maximum absolute atomic E-state index is 5.01. The molecule has 2 fully saturated rings. The molecule has 1 atom stereocenters. The summed E-state index contributed by atoms with van der Waals surface area (Å²) in [5, 5.41) is 7.52. The summed E-state index contributed by atoms with van der Waals surface area (Å²) in [7, 11) is 0. The van der Waals surface area contributed by atoms with Gasteiger partial charge in [0.25, 0.3) is 0 Å². The number of piperazine rings is 1. The third-order valence-electron chi connectivity index (χ3n) is 5.79. The van der Waals surface area contributed by atoms with Crippen LogP contribution in [-0.2, 0) is 6.54 Å². The van der Waals surface area contributed by atoms with Crippen molar-refractivity contribution in [2.45, 2.75) is 19.9 Å². The van der Waals surface area contributed by atoms with Gasteiger partial charge in [-0.3, -0.25) is 9.89 Å². The van der Waals surface area contributed by atoms with Gasteiger partial charge in [-0.15, -0.1) is 0 Å². The van der Waals surface area contributed by atoms with Gasteiger partial charge in [0.1, 0.15) is 6.26 Å². The highest BCUT2D eigenvalue weighted by molar-refractivity contribution is 5.80. The van der Waals surface area contributed by atoms with Crippen LogP contribution in [0.4, 0.5) is 5.69 Å². The minimum Gasteiger partial charge on any atom is -0.371 e. The van der Waals surface area contributed by atoms with Crippen LogP contribution in [0.5, 0.6) is 0 Å². The van der Waals surface area contributed by atoms with E-state index in [1.165, 1.54) is 12.1 Å². The highest BCUT2D eigenvalue weighted by Crippen LogP contribution is 2.23. The van der Waals surface area contributed by atoms with Crippen molar-refractivity contribution in [3.63, 3.8) is 0 Å². The maximum atomic E-state index is 5.01. The van der Waals surface area contributed by atoms with Gasteiger partial charge in [-0.1, -0.05) is 23.4 Å². The summed E-state index contributed by atoms with van der Waals surface area (Å²) < 4.78 is 4.94. The Kier molecular flexibility index (Phi) is 6.67. The molecular weight excluding hydrogens is 364 g/mol. The molecular formula is C22H32N6O. The summed E-state index contributed by atoms with van der Waals surface area (Å²) in [6.45, 7) is 11.0. The van der Waals surface area contributed by atoms with Crippen molar-refractivity contribution in [2.75, 3.05) is 57.3 Å². The molecule has 7 heteroatoms. The molecule has 0 saturated carbocycles. The smallest absolute Gasteiger partial charge is 0.194 e. The zero-order valence-electron chi connectivity index (χ0n) is 17.3. The van der Waals surface area contributed by atoms with Gasteiger partial charge in [-0.25, -0.2) is 0 Å². The molecule has 0 amide bonds. The molecule has 2 aromatic rings. The lowest BCUT2D eigenvalue weighted by Crippen LogP contribution is -2.52. The minimum absolute atomic E-state index is 0.623. The van der Waals surface area contributed by atoms with Crippen LogP contribution in [0.15, 0.2) is 52.2 Å². The first-order chi connectivity index (χ1) is 14.3. The van der Waals surface area contributed by atoms with E-state index in [9.17, 15) is 0 Å². The van der Waals surface area contributed by atoms with Gasteiger partial charge in [0, 0.05) is 70.7 Å². The van der Waals surface area contributed by atoms with Gasteiger partial charge >= 0.3 is 0 Å². The van der Waals surface area contributed by atoms with E-state index in [0.717, 1.165) is 70.6 Å². The van der Waals surface area contributed by atoms with Crippen LogP contribution in [0.2, 0.25) is 0 Å². The molecule has 3 heterocycles. The van der Waals surface area contributed by atoms with Crippen molar-refractivity contribution < 1.29 is 4.52 Å². The maximum Gasteiger partial charge on any atom is 0.194 e. The van der Waals surface area contributed by atoms with Crippen molar-refractivity contribution >= 4 is 11.6 Å². The average Bonchev–Trinajstić information content (AvgIpc) is 3.45. The zero-order chi connectivity index (χ0) is 19.9. The Morgan fingerprint density at radius 3 is 2.69 bits per heavy atom. The Morgan fingerprint density at radius 2 is 1.97 bits per heavy atom. The number of para-hydroxylation sites is 1. The van der Waals surface area contributed by atoms with Crippen molar-refractivity contribution in [2.24, 2.45) is 10.9 Å². The van der Waals surface area contributed by atoms with Crippen LogP contribution >= 0.6 is 0 Å². The van der Waals surface area contributed by atoms with Crippen molar-refractivity contribution in [3.05, 3.63) is 48.4 Å². The third kappa shape index (κ3) is 5.29. The molecule has 2 saturated heterocycles. The number of aliphatic imine (C=N–C) groups is 1. The van der Waals surface area contributed by atoms with Crippen LogP contribution in [0.25, 0.3) is 0 Å². The molecule has 156 valence electrons. The van der Waals surface area contributed by atoms with Gasteiger partial charge in [0.05, 0.1) is 5.69 Å². The largest absolute Gasteiger partial charge is 0.371 e. The van der Waals surface area contributed by atoms with E-state index < -0.39 is 0 Å². The first-order valence-corrected chi connectivity index (χ1v) is 10.8. The second-order valence-electron chi connectivity index (χ2n) is 7.88. The summed E-state index contributed by atoms with van der Waals surface area (Å²) in [5.74, 6) is 1.68. The summed E-state index contributed by atoms with van der Waals surface area (Å²) in [5.41, 5.74) is 2.33. The number of anilines is 1. The monoisotopic (exact) mass is 396 g/mol. The number of nitrogens with one attached hydrogen (secondary N) is 1. The summed E-state index contributed by atoms with van der Waals surface area (Å²) in [6.07, 6.45) is 2.85. The highest BCUT2D eigenvalue weighted by Gasteiger charge is 2.24. The number of rotatable bonds is 6. The van der Waals surface area contributed by atoms with Gasteiger partial charge < -0.3 is 19.6 Å². The Bertz CT molecular complexity index is 755. The quantitative estimate of drug-likeness (QED) is 0.597. The number of nitrogens with zero attached hydrogens (tertiary/aromatic N) is 5. The molecule has 4 rings (SSSR count). The van der Waals surface area contributed by atoms with Crippen molar-refractivity contribution in [3.8, 4) is 0 Å². The second kappa shape index (κ2) is 9.78. The SMILES string of the molecule is CCNC(=NCC1CCN(c2ccccc2)C1)N1CCN(Cc2ccon2)CC1. The van der Waals surface area contributed by atoms with Crippen LogP contribution in [-0.4, -0.2) is 73.3 Å². The van der Waals surface area contributed by atoms with Gasteiger partial charge in [0.15, 0.2) is 5.96 Å². The summed E-state index contributed by atoms with van der Waals surface area (Å²) in [6, 6.07) is 12.7. The van der Waals surface area contributed by atoms with Crippen LogP contribution < -0.4 is 10.2 Å². The predicted molar refractivity (Wildman–Crippen MR) is 116 cm³/mol. The third-order valence-corrected chi connectivity index (χ3v) is 5.79. The fourth-order valence-corrected chi connectivity index (χ4v) is 4.16. The number of aromatic nitrogens is 1. The zero-order valence-corrected chi connectivity index (χ0v) is 17.3. The van der Waals surface area contributed by atoms with Gasteiger partial charge in [0.2, 0.25) is 0 Å². The molecule has 1 aromatic heterocycles. The highest BCUT2D eigenvalue weighted by atomic mass is 16.5. The first-order valence-electron chi connectivity index (χ1n) is 10.8. The van der Waals surface area contributed by atoms with Crippen molar-refractivity contribution in [1.29, 1.82) is 0 Å². The molecule has 0 radical (unpaired) electrons. The van der Waals surface area contributed by atoms with Gasteiger partial charge in [-0.05, 0) is 31.4 Å². The van der Waals surface area contributed by atoms with Crippen LogP contribution in [0, 0.1) is 5.92 Å². The molecule has 0 aliphatic carbocycles.